The van der Waals surface area contributed by atoms with E-state index in [1.54, 1.807) is 6.08 Å². The molecule has 1 N–H and O–H groups in total. The molecule has 1 aliphatic rings. The lowest BCUT2D eigenvalue weighted by Crippen LogP contribution is -2.37. The molecule has 1 saturated heterocycles. The molecule has 3 heterocycles. The van der Waals surface area contributed by atoms with E-state index in [1.165, 1.54) is 20.1 Å². The van der Waals surface area contributed by atoms with Gasteiger partial charge < -0.3 is 24.3 Å². The number of rotatable bonds is 10. The summed E-state index contributed by atoms with van der Waals surface area (Å²) in [6, 6.07) is 15.7. The summed E-state index contributed by atoms with van der Waals surface area (Å²) in [7, 11) is 3.43. The number of anilines is 2. The molecule has 11 heteroatoms. The van der Waals surface area contributed by atoms with Crippen molar-refractivity contribution in [1.29, 1.82) is 0 Å². The average molecular weight is 584 g/mol. The molecule has 5 rings (SSSR count). The molecule has 224 valence electrons. The maximum absolute atomic E-state index is 11.7. The minimum atomic E-state index is -0.380. The lowest BCUT2D eigenvalue weighted by Gasteiger charge is -2.28. The lowest BCUT2D eigenvalue weighted by atomic mass is 10.1. The number of amides is 1. The van der Waals surface area contributed by atoms with Crippen molar-refractivity contribution in [3.05, 3.63) is 71.6 Å². The highest BCUT2D eigenvalue weighted by molar-refractivity contribution is 5.90. The number of nitrogens with zero attached hydrogens (tertiary/aromatic N) is 6. The van der Waals surface area contributed by atoms with Crippen LogP contribution in [0.15, 0.2) is 54.6 Å². The van der Waals surface area contributed by atoms with Crippen LogP contribution in [0.3, 0.4) is 0 Å². The largest absolute Gasteiger partial charge is 0.466 e. The number of ether oxygens (including phenoxy) is 2. The number of aromatic nitrogens is 4. The monoisotopic (exact) mass is 583 g/mol. The Hall–Kier alpha value is -4.61. The van der Waals surface area contributed by atoms with Gasteiger partial charge in [-0.2, -0.15) is 0 Å². The zero-order chi connectivity index (χ0) is 30.3. The first-order valence-corrected chi connectivity index (χ1v) is 14.4. The molecule has 1 fully saturated rings. The number of fused-ring (bicyclic) bond motifs is 1. The second-order valence-corrected chi connectivity index (χ2v) is 10.4. The maximum atomic E-state index is 11.7. The topological polar surface area (TPSA) is 115 Å². The van der Waals surface area contributed by atoms with E-state index in [9.17, 15) is 9.59 Å². The molecule has 0 unspecified atom stereocenters. The third kappa shape index (κ3) is 7.25. The van der Waals surface area contributed by atoms with Crippen molar-refractivity contribution in [2.45, 2.75) is 33.5 Å². The summed E-state index contributed by atoms with van der Waals surface area (Å²) in [6.45, 7) is 8.31. The molecular formula is C32H37N7O4. The minimum absolute atomic E-state index is 0.133. The van der Waals surface area contributed by atoms with Crippen LogP contribution in [0.1, 0.15) is 30.8 Å². The Morgan fingerprint density at radius 3 is 2.53 bits per heavy atom. The fourth-order valence-corrected chi connectivity index (χ4v) is 5.12. The number of aryl methyl sites for hydroxylation is 1. The van der Waals surface area contributed by atoms with Crippen LogP contribution in [-0.4, -0.2) is 76.8 Å². The van der Waals surface area contributed by atoms with Crippen molar-refractivity contribution >= 4 is 40.6 Å². The van der Waals surface area contributed by atoms with Gasteiger partial charge in [0.25, 0.3) is 0 Å². The summed E-state index contributed by atoms with van der Waals surface area (Å²) >= 11 is 0. The van der Waals surface area contributed by atoms with Gasteiger partial charge in [-0.25, -0.2) is 19.7 Å². The molecule has 4 aromatic rings. The van der Waals surface area contributed by atoms with Gasteiger partial charge in [-0.05, 0) is 43.3 Å². The second kappa shape index (κ2) is 13.6. The molecule has 2 aromatic heterocycles. The van der Waals surface area contributed by atoms with Crippen molar-refractivity contribution in [2.75, 3.05) is 50.7 Å². The minimum Gasteiger partial charge on any atom is -0.466 e. The lowest BCUT2D eigenvalue weighted by molar-refractivity contribution is -0.134. The van der Waals surface area contributed by atoms with Crippen molar-refractivity contribution < 1.29 is 19.1 Å². The van der Waals surface area contributed by atoms with Crippen molar-refractivity contribution in [1.82, 2.24) is 24.4 Å². The predicted molar refractivity (Wildman–Crippen MR) is 166 cm³/mol. The molecule has 0 saturated carbocycles. The van der Waals surface area contributed by atoms with E-state index in [2.05, 4.69) is 50.5 Å². The van der Waals surface area contributed by atoms with E-state index in [4.69, 9.17) is 19.7 Å². The number of morpholine rings is 1. The number of carbonyl (C=O) groups excluding carboxylic acids is 2. The van der Waals surface area contributed by atoms with Gasteiger partial charge in [0.15, 0.2) is 22.8 Å². The van der Waals surface area contributed by atoms with Crippen molar-refractivity contribution in [3.63, 3.8) is 0 Å². The Labute approximate surface area is 251 Å². The molecule has 0 atom stereocenters. The first-order chi connectivity index (χ1) is 20.8. The summed E-state index contributed by atoms with van der Waals surface area (Å²) in [5.41, 5.74) is 5.14. The van der Waals surface area contributed by atoms with Gasteiger partial charge in [0.1, 0.15) is 5.82 Å². The average Bonchev–Trinajstić information content (AvgIpc) is 3.36. The number of hydrogen-bond acceptors (Lipinski definition) is 9. The van der Waals surface area contributed by atoms with E-state index < -0.39 is 0 Å². The Kier molecular flexibility index (Phi) is 9.43. The predicted octanol–water partition coefficient (Wildman–Crippen LogP) is 4.13. The van der Waals surface area contributed by atoms with Crippen molar-refractivity contribution in [3.8, 4) is 11.4 Å². The van der Waals surface area contributed by atoms with Gasteiger partial charge in [-0.1, -0.05) is 36.4 Å². The Morgan fingerprint density at radius 2 is 1.84 bits per heavy atom. The first kappa shape index (κ1) is 29.9. The van der Waals surface area contributed by atoms with Crippen LogP contribution in [0.5, 0.6) is 0 Å². The summed E-state index contributed by atoms with van der Waals surface area (Å²) in [4.78, 5) is 42.6. The third-order valence-corrected chi connectivity index (χ3v) is 7.18. The van der Waals surface area contributed by atoms with Gasteiger partial charge in [0, 0.05) is 50.4 Å². The SMILES string of the molecule is CCn1c(CN(C)Cc2ccc(/C=C/C(=O)OC)cc2)nc2c(N3CCOCC3)nc(-c3cccc(NC(C)=O)c3)nc21. The number of imidazole rings is 1. The van der Waals surface area contributed by atoms with Crippen LogP contribution in [0, 0.1) is 0 Å². The van der Waals surface area contributed by atoms with Crippen LogP contribution >= 0.6 is 0 Å². The van der Waals surface area contributed by atoms with Crippen LogP contribution in [0.4, 0.5) is 11.5 Å². The van der Waals surface area contributed by atoms with Crippen molar-refractivity contribution in [2.24, 2.45) is 0 Å². The number of esters is 1. The van der Waals surface area contributed by atoms with Gasteiger partial charge in [-0.3, -0.25) is 9.69 Å². The number of hydrogen-bond donors (Lipinski definition) is 1. The molecule has 1 amide bonds. The fraction of sp³-hybridized carbons (Fsp3) is 0.344. The van der Waals surface area contributed by atoms with Crippen LogP contribution in [0.2, 0.25) is 0 Å². The summed E-state index contributed by atoms with van der Waals surface area (Å²) in [5.74, 6) is 1.77. The molecule has 11 nitrogen and oxygen atoms in total. The molecular weight excluding hydrogens is 546 g/mol. The quantitative estimate of drug-likeness (QED) is 0.217. The number of carbonyl (C=O) groups is 2. The highest BCUT2D eigenvalue weighted by atomic mass is 16.5. The summed E-state index contributed by atoms with van der Waals surface area (Å²) < 4.78 is 12.4. The third-order valence-electron chi connectivity index (χ3n) is 7.18. The normalized spacial score (nSPS) is 13.7. The standard InChI is InChI=1S/C32H37N7O4/c1-5-39-27(21-37(3)20-24-11-9-23(10-12-24)13-14-28(41)42-4)34-29-31(38-15-17-43-18-16-38)35-30(36-32(29)39)25-7-6-8-26(19-25)33-22(2)40/h6-14,19H,5,15-18,20-21H2,1-4H3,(H,33,40)/b14-13+. The highest BCUT2D eigenvalue weighted by Gasteiger charge is 2.23. The summed E-state index contributed by atoms with van der Waals surface area (Å²) in [5, 5.41) is 2.85. The fourth-order valence-electron chi connectivity index (χ4n) is 5.12. The van der Waals surface area contributed by atoms with E-state index in [-0.39, 0.29) is 11.9 Å². The van der Waals surface area contributed by atoms with Gasteiger partial charge >= 0.3 is 5.97 Å². The Morgan fingerprint density at radius 1 is 1.07 bits per heavy atom. The molecule has 43 heavy (non-hydrogen) atoms. The Bertz CT molecular complexity index is 1620. The zero-order valence-electron chi connectivity index (χ0n) is 25.0. The molecule has 0 spiro atoms. The first-order valence-electron chi connectivity index (χ1n) is 14.4. The number of nitrogens with one attached hydrogen (secondary N) is 1. The van der Waals surface area contributed by atoms with Crippen LogP contribution in [-0.2, 0) is 38.7 Å². The number of benzene rings is 2. The van der Waals surface area contributed by atoms with E-state index in [0.717, 1.165) is 59.1 Å². The van der Waals surface area contributed by atoms with Gasteiger partial charge in [0.2, 0.25) is 5.91 Å². The van der Waals surface area contributed by atoms with Crippen LogP contribution < -0.4 is 10.2 Å². The molecule has 2 aromatic carbocycles. The van der Waals surface area contributed by atoms with Crippen LogP contribution in [0.25, 0.3) is 28.6 Å². The highest BCUT2D eigenvalue weighted by Crippen LogP contribution is 2.30. The van der Waals surface area contributed by atoms with Gasteiger partial charge in [0.05, 0.1) is 26.9 Å². The van der Waals surface area contributed by atoms with E-state index in [0.29, 0.717) is 37.8 Å². The number of methoxy groups -OCH3 is 1. The van der Waals surface area contributed by atoms with E-state index >= 15 is 0 Å². The van der Waals surface area contributed by atoms with E-state index in [1.807, 2.05) is 36.4 Å². The zero-order valence-corrected chi connectivity index (χ0v) is 25.0. The maximum Gasteiger partial charge on any atom is 0.330 e. The second-order valence-electron chi connectivity index (χ2n) is 10.4. The molecule has 1 aliphatic heterocycles. The smallest absolute Gasteiger partial charge is 0.330 e. The summed E-state index contributed by atoms with van der Waals surface area (Å²) in [6.07, 6.45) is 3.15. The molecule has 0 aliphatic carbocycles. The molecule has 0 bridgehead atoms. The molecule has 0 radical (unpaired) electrons. The van der Waals surface area contributed by atoms with Gasteiger partial charge in [-0.15, -0.1) is 0 Å². The Balaban J connectivity index is 1.45.